The van der Waals surface area contributed by atoms with Crippen LogP contribution in [0.1, 0.15) is 43.9 Å². The Balaban J connectivity index is 1.80. The summed E-state index contributed by atoms with van der Waals surface area (Å²) in [6, 6.07) is 0. The van der Waals surface area contributed by atoms with E-state index in [9.17, 15) is 0 Å². The summed E-state index contributed by atoms with van der Waals surface area (Å²) in [5.41, 5.74) is 6.57. The van der Waals surface area contributed by atoms with Crippen molar-refractivity contribution in [2.75, 3.05) is 0 Å². The number of thiazole rings is 1. The molecule has 1 aliphatic rings. The first-order chi connectivity index (χ1) is 9.07. The lowest BCUT2D eigenvalue weighted by Gasteiger charge is -2.34. The topological polar surface area (TPSA) is 77.8 Å². The predicted octanol–water partition coefficient (Wildman–Crippen LogP) is 2.73. The number of aromatic nitrogens is 3. The molecule has 1 aliphatic carbocycles. The molecule has 3 rings (SSSR count). The molecule has 2 heterocycles. The highest BCUT2D eigenvalue weighted by Crippen LogP contribution is 2.37. The minimum atomic E-state index is -0.376. The van der Waals surface area contributed by atoms with Crippen LogP contribution in [-0.2, 0) is 12.0 Å². The molecular formula is C13H18N4OS. The van der Waals surface area contributed by atoms with E-state index in [0.29, 0.717) is 17.6 Å². The maximum Gasteiger partial charge on any atom is 0.277 e. The number of nitrogens with two attached hydrogens (primary N) is 1. The molecule has 2 aromatic rings. The van der Waals surface area contributed by atoms with Crippen molar-refractivity contribution < 1.29 is 4.52 Å². The van der Waals surface area contributed by atoms with Gasteiger partial charge in [0.1, 0.15) is 5.69 Å². The van der Waals surface area contributed by atoms with E-state index < -0.39 is 0 Å². The molecule has 19 heavy (non-hydrogen) atoms. The van der Waals surface area contributed by atoms with Crippen LogP contribution in [0, 0.1) is 5.92 Å². The normalized spacial score (nSPS) is 17.7. The molecule has 6 heteroatoms. The minimum absolute atomic E-state index is 0.376. The summed E-state index contributed by atoms with van der Waals surface area (Å²) in [5.74, 6) is 1.70. The maximum atomic E-state index is 6.18. The van der Waals surface area contributed by atoms with Crippen molar-refractivity contribution in [3.63, 3.8) is 0 Å². The second kappa shape index (κ2) is 4.68. The van der Waals surface area contributed by atoms with Crippen molar-refractivity contribution in [1.82, 2.24) is 15.1 Å². The molecule has 0 radical (unpaired) electrons. The van der Waals surface area contributed by atoms with E-state index in [1.54, 1.807) is 11.3 Å². The molecule has 102 valence electrons. The highest BCUT2D eigenvalue weighted by Gasteiger charge is 2.39. The summed E-state index contributed by atoms with van der Waals surface area (Å²) < 4.78 is 5.29. The highest BCUT2D eigenvalue weighted by molar-refractivity contribution is 7.09. The van der Waals surface area contributed by atoms with Gasteiger partial charge in [0.25, 0.3) is 5.89 Å². The van der Waals surface area contributed by atoms with Gasteiger partial charge in [-0.25, -0.2) is 4.98 Å². The summed E-state index contributed by atoms with van der Waals surface area (Å²) in [6.45, 7) is 4.36. The van der Waals surface area contributed by atoms with Gasteiger partial charge < -0.3 is 10.3 Å². The van der Waals surface area contributed by atoms with Gasteiger partial charge in [-0.05, 0) is 25.2 Å². The SMILES string of the molecule is CC(C)Cc1nc(-c2nc(C3(N)CCC3)no2)cs1. The zero-order valence-corrected chi connectivity index (χ0v) is 12.0. The minimum Gasteiger partial charge on any atom is -0.332 e. The van der Waals surface area contributed by atoms with E-state index in [0.717, 1.165) is 36.4 Å². The molecule has 0 spiro atoms. The first kappa shape index (κ1) is 12.7. The number of hydrogen-bond acceptors (Lipinski definition) is 6. The lowest BCUT2D eigenvalue weighted by Crippen LogP contribution is -2.44. The Morgan fingerprint density at radius 2 is 2.21 bits per heavy atom. The third-order valence-corrected chi connectivity index (χ3v) is 4.34. The zero-order valence-electron chi connectivity index (χ0n) is 11.2. The van der Waals surface area contributed by atoms with Gasteiger partial charge in [-0.15, -0.1) is 11.3 Å². The first-order valence-corrected chi connectivity index (χ1v) is 7.53. The Hall–Kier alpha value is -1.27. The quantitative estimate of drug-likeness (QED) is 0.930. The molecule has 0 atom stereocenters. The van der Waals surface area contributed by atoms with Crippen LogP contribution >= 0.6 is 11.3 Å². The second-order valence-corrected chi connectivity index (χ2v) is 6.60. The lowest BCUT2D eigenvalue weighted by molar-refractivity contribution is 0.229. The monoisotopic (exact) mass is 278 g/mol. The average molecular weight is 278 g/mol. The standard InChI is InChI=1S/C13H18N4OS/c1-8(2)6-10-15-9(7-19-10)11-16-12(17-18-11)13(14)4-3-5-13/h7-8H,3-6,14H2,1-2H3. The average Bonchev–Trinajstić information content (AvgIpc) is 2.93. The Kier molecular flexibility index (Phi) is 3.14. The van der Waals surface area contributed by atoms with Crippen LogP contribution in [-0.4, -0.2) is 15.1 Å². The van der Waals surface area contributed by atoms with E-state index in [4.69, 9.17) is 10.3 Å². The molecule has 0 aromatic carbocycles. The van der Waals surface area contributed by atoms with E-state index in [1.807, 2.05) is 5.38 Å². The molecule has 0 saturated heterocycles. The summed E-state index contributed by atoms with van der Waals surface area (Å²) in [6.07, 6.45) is 3.98. The van der Waals surface area contributed by atoms with Gasteiger partial charge in [-0.3, -0.25) is 0 Å². The van der Waals surface area contributed by atoms with E-state index in [2.05, 4.69) is 29.0 Å². The fourth-order valence-corrected chi connectivity index (χ4v) is 3.14. The van der Waals surface area contributed by atoms with Gasteiger partial charge >= 0.3 is 0 Å². The van der Waals surface area contributed by atoms with Crippen LogP contribution in [0.25, 0.3) is 11.6 Å². The van der Waals surface area contributed by atoms with Gasteiger partial charge in [-0.1, -0.05) is 19.0 Å². The lowest BCUT2D eigenvalue weighted by atomic mass is 9.77. The Morgan fingerprint density at radius 3 is 2.84 bits per heavy atom. The molecule has 2 N–H and O–H groups in total. The summed E-state index contributed by atoms with van der Waals surface area (Å²) >= 11 is 1.64. The summed E-state index contributed by atoms with van der Waals surface area (Å²) in [4.78, 5) is 8.95. The zero-order chi connectivity index (χ0) is 13.5. The molecule has 0 unspecified atom stereocenters. The van der Waals surface area contributed by atoms with Crippen LogP contribution in [0.3, 0.4) is 0 Å². The Labute approximate surface area is 116 Å². The predicted molar refractivity (Wildman–Crippen MR) is 73.7 cm³/mol. The van der Waals surface area contributed by atoms with Crippen LogP contribution in [0.2, 0.25) is 0 Å². The van der Waals surface area contributed by atoms with Crippen LogP contribution in [0.5, 0.6) is 0 Å². The van der Waals surface area contributed by atoms with Crippen molar-refractivity contribution in [2.24, 2.45) is 11.7 Å². The Bertz CT molecular complexity index is 571. The second-order valence-electron chi connectivity index (χ2n) is 5.66. The van der Waals surface area contributed by atoms with Crippen molar-refractivity contribution in [1.29, 1.82) is 0 Å². The van der Waals surface area contributed by atoms with Gasteiger partial charge in [0.05, 0.1) is 10.5 Å². The number of hydrogen-bond donors (Lipinski definition) is 1. The van der Waals surface area contributed by atoms with Crippen molar-refractivity contribution in [3.8, 4) is 11.6 Å². The third kappa shape index (κ3) is 2.42. The van der Waals surface area contributed by atoms with E-state index >= 15 is 0 Å². The van der Waals surface area contributed by atoms with Gasteiger partial charge in [0.15, 0.2) is 5.82 Å². The van der Waals surface area contributed by atoms with Crippen LogP contribution in [0.4, 0.5) is 0 Å². The molecule has 5 nitrogen and oxygen atoms in total. The fraction of sp³-hybridized carbons (Fsp3) is 0.615. The number of nitrogens with zero attached hydrogens (tertiary/aromatic N) is 3. The van der Waals surface area contributed by atoms with E-state index in [-0.39, 0.29) is 5.54 Å². The molecule has 1 saturated carbocycles. The van der Waals surface area contributed by atoms with Crippen LogP contribution in [0.15, 0.2) is 9.90 Å². The molecule has 0 bridgehead atoms. The van der Waals surface area contributed by atoms with Crippen molar-refractivity contribution in [2.45, 2.75) is 45.1 Å². The van der Waals surface area contributed by atoms with Gasteiger partial charge in [0.2, 0.25) is 0 Å². The van der Waals surface area contributed by atoms with Crippen molar-refractivity contribution in [3.05, 3.63) is 16.2 Å². The van der Waals surface area contributed by atoms with E-state index in [1.165, 1.54) is 0 Å². The van der Waals surface area contributed by atoms with Crippen molar-refractivity contribution >= 4 is 11.3 Å². The highest BCUT2D eigenvalue weighted by atomic mass is 32.1. The Morgan fingerprint density at radius 1 is 1.42 bits per heavy atom. The molecule has 0 amide bonds. The maximum absolute atomic E-state index is 6.18. The smallest absolute Gasteiger partial charge is 0.277 e. The molecule has 0 aliphatic heterocycles. The third-order valence-electron chi connectivity index (χ3n) is 3.47. The largest absolute Gasteiger partial charge is 0.332 e. The van der Waals surface area contributed by atoms with Crippen LogP contribution < -0.4 is 5.73 Å². The molecular weight excluding hydrogens is 260 g/mol. The number of rotatable bonds is 4. The molecule has 1 fully saturated rings. The van der Waals surface area contributed by atoms with Gasteiger partial charge in [-0.2, -0.15) is 4.98 Å². The summed E-state index contributed by atoms with van der Waals surface area (Å²) in [7, 11) is 0. The summed E-state index contributed by atoms with van der Waals surface area (Å²) in [5, 5.41) is 7.09. The molecule has 2 aromatic heterocycles. The first-order valence-electron chi connectivity index (χ1n) is 6.65. The van der Waals surface area contributed by atoms with Gasteiger partial charge in [0, 0.05) is 11.8 Å². The fourth-order valence-electron chi connectivity index (χ4n) is 2.16.